The van der Waals surface area contributed by atoms with Gasteiger partial charge in [0, 0.05) is 19.5 Å². The molecule has 2 fully saturated rings. The maximum Gasteiger partial charge on any atom is 0.416 e. The molecule has 8 heteroatoms. The third kappa shape index (κ3) is 3.38. The Bertz CT molecular complexity index is 648. The maximum absolute atomic E-state index is 13.2. The average molecular weight is 342 g/mol. The van der Waals surface area contributed by atoms with E-state index < -0.39 is 23.8 Å². The minimum atomic E-state index is -4.48. The first-order valence-corrected chi connectivity index (χ1v) is 7.69. The lowest BCUT2D eigenvalue weighted by Gasteiger charge is -2.35. The molecule has 2 aliphatic rings. The van der Waals surface area contributed by atoms with Crippen LogP contribution in [0.4, 0.5) is 13.2 Å². The molecule has 2 aliphatic heterocycles. The number of morpholine rings is 1. The number of amides is 2. The molecule has 0 aliphatic carbocycles. The van der Waals surface area contributed by atoms with E-state index in [-0.39, 0.29) is 43.5 Å². The van der Waals surface area contributed by atoms with Gasteiger partial charge in [0.05, 0.1) is 24.6 Å². The Kier molecular flexibility index (Phi) is 4.49. The number of halogens is 3. The number of carbonyl (C=O) groups is 2. The van der Waals surface area contributed by atoms with Crippen molar-refractivity contribution >= 4 is 11.8 Å². The molecular formula is C16H17F3N2O3. The normalized spacial score (nSPS) is 24.8. The van der Waals surface area contributed by atoms with Gasteiger partial charge in [-0.25, -0.2) is 0 Å². The van der Waals surface area contributed by atoms with E-state index in [4.69, 9.17) is 4.74 Å². The Hall–Kier alpha value is -2.09. The first kappa shape index (κ1) is 16.8. The molecule has 130 valence electrons. The monoisotopic (exact) mass is 342 g/mol. The number of nitrogens with zero attached hydrogens (tertiary/aromatic N) is 1. The third-order valence-electron chi connectivity index (χ3n) is 4.32. The summed E-state index contributed by atoms with van der Waals surface area (Å²) in [6.45, 7) is 0.806. The molecule has 5 nitrogen and oxygen atoms in total. The number of benzene rings is 1. The summed E-state index contributed by atoms with van der Waals surface area (Å²) in [7, 11) is 0. The van der Waals surface area contributed by atoms with Gasteiger partial charge in [0.25, 0.3) is 0 Å². The standard InChI is InChI=1S/C16H17F3N2O3/c17-16(18,19)12-4-2-1-3-11(12)13-9-21(5-6-24-13)15(23)10-7-14(22)20-8-10/h1-4,10,13H,5-9H2,(H,20,22)/t10-,13-/m1/s1. The van der Waals surface area contributed by atoms with Crippen molar-refractivity contribution in [3.63, 3.8) is 0 Å². The molecule has 0 unspecified atom stereocenters. The number of alkyl halides is 3. The highest BCUT2D eigenvalue weighted by molar-refractivity contribution is 5.89. The zero-order chi connectivity index (χ0) is 17.3. The SMILES string of the molecule is O=C1C[C@@H](C(=O)N2CCO[C@@H](c3ccccc3C(F)(F)F)C2)CN1. The number of rotatable bonds is 2. The van der Waals surface area contributed by atoms with Gasteiger partial charge in [0.1, 0.15) is 6.10 Å². The zero-order valence-corrected chi connectivity index (χ0v) is 12.8. The largest absolute Gasteiger partial charge is 0.416 e. The molecule has 0 radical (unpaired) electrons. The van der Waals surface area contributed by atoms with Gasteiger partial charge < -0.3 is 15.0 Å². The van der Waals surface area contributed by atoms with Crippen LogP contribution in [0.1, 0.15) is 23.7 Å². The van der Waals surface area contributed by atoms with E-state index in [2.05, 4.69) is 5.32 Å². The summed E-state index contributed by atoms with van der Waals surface area (Å²) in [5.74, 6) is -0.846. The molecule has 0 bridgehead atoms. The van der Waals surface area contributed by atoms with Gasteiger partial charge in [-0.1, -0.05) is 18.2 Å². The van der Waals surface area contributed by atoms with Crippen LogP contribution in [0.3, 0.4) is 0 Å². The lowest BCUT2D eigenvalue weighted by atomic mass is 9.99. The molecular weight excluding hydrogens is 325 g/mol. The summed E-state index contributed by atoms with van der Waals surface area (Å²) in [6.07, 6.45) is -5.18. The zero-order valence-electron chi connectivity index (χ0n) is 12.8. The van der Waals surface area contributed by atoms with Crippen LogP contribution < -0.4 is 5.32 Å². The van der Waals surface area contributed by atoms with Gasteiger partial charge in [-0.3, -0.25) is 9.59 Å². The molecule has 24 heavy (non-hydrogen) atoms. The van der Waals surface area contributed by atoms with E-state index >= 15 is 0 Å². The van der Waals surface area contributed by atoms with E-state index in [9.17, 15) is 22.8 Å². The second kappa shape index (κ2) is 6.43. The first-order valence-electron chi connectivity index (χ1n) is 7.69. The molecule has 1 aromatic carbocycles. The lowest BCUT2D eigenvalue weighted by Crippen LogP contribution is -2.45. The predicted molar refractivity (Wildman–Crippen MR) is 77.8 cm³/mol. The average Bonchev–Trinajstić information content (AvgIpc) is 3.00. The fourth-order valence-electron chi connectivity index (χ4n) is 3.11. The van der Waals surface area contributed by atoms with Crippen molar-refractivity contribution in [2.45, 2.75) is 18.7 Å². The molecule has 1 N–H and O–H groups in total. The van der Waals surface area contributed by atoms with E-state index in [0.717, 1.165) is 6.07 Å². The second-order valence-corrected chi connectivity index (χ2v) is 5.93. The van der Waals surface area contributed by atoms with Gasteiger partial charge in [0.15, 0.2) is 0 Å². The Morgan fingerprint density at radius 1 is 1.29 bits per heavy atom. The molecule has 0 spiro atoms. The molecule has 0 aromatic heterocycles. The predicted octanol–water partition coefficient (Wildman–Crippen LogP) is 1.74. The van der Waals surface area contributed by atoms with Crippen LogP contribution in [-0.4, -0.2) is 43.0 Å². The van der Waals surface area contributed by atoms with Crippen molar-refractivity contribution in [3.05, 3.63) is 35.4 Å². The third-order valence-corrected chi connectivity index (χ3v) is 4.32. The smallest absolute Gasteiger partial charge is 0.370 e. The second-order valence-electron chi connectivity index (χ2n) is 5.93. The summed E-state index contributed by atoms with van der Waals surface area (Å²) >= 11 is 0. The van der Waals surface area contributed by atoms with Crippen LogP contribution in [0.15, 0.2) is 24.3 Å². The molecule has 2 saturated heterocycles. The highest BCUT2D eigenvalue weighted by Gasteiger charge is 2.38. The van der Waals surface area contributed by atoms with E-state index in [0.29, 0.717) is 6.54 Å². The van der Waals surface area contributed by atoms with Gasteiger partial charge >= 0.3 is 6.18 Å². The summed E-state index contributed by atoms with van der Waals surface area (Å²) < 4.78 is 45.0. The Morgan fingerprint density at radius 3 is 2.71 bits per heavy atom. The minimum Gasteiger partial charge on any atom is -0.370 e. The number of ether oxygens (including phenoxy) is 1. The fraction of sp³-hybridized carbons (Fsp3) is 0.500. The quantitative estimate of drug-likeness (QED) is 0.891. The van der Waals surface area contributed by atoms with Crippen LogP contribution in [0.5, 0.6) is 0 Å². The van der Waals surface area contributed by atoms with Crippen molar-refractivity contribution in [2.75, 3.05) is 26.2 Å². The van der Waals surface area contributed by atoms with Crippen LogP contribution in [0.2, 0.25) is 0 Å². The summed E-state index contributed by atoms with van der Waals surface area (Å²) in [4.78, 5) is 25.2. The lowest BCUT2D eigenvalue weighted by molar-refractivity contribution is -0.146. The van der Waals surface area contributed by atoms with Crippen molar-refractivity contribution < 1.29 is 27.5 Å². The van der Waals surface area contributed by atoms with Crippen molar-refractivity contribution in [1.29, 1.82) is 0 Å². The number of nitrogens with one attached hydrogen (secondary N) is 1. The molecule has 1 aromatic rings. The van der Waals surface area contributed by atoms with Gasteiger partial charge in [-0.15, -0.1) is 0 Å². The van der Waals surface area contributed by atoms with Crippen molar-refractivity contribution in [3.8, 4) is 0 Å². The summed E-state index contributed by atoms with van der Waals surface area (Å²) in [6, 6.07) is 5.24. The van der Waals surface area contributed by atoms with E-state index in [1.807, 2.05) is 0 Å². The molecule has 2 atom stereocenters. The van der Waals surface area contributed by atoms with Crippen molar-refractivity contribution in [2.24, 2.45) is 5.92 Å². The van der Waals surface area contributed by atoms with Crippen LogP contribution in [0.25, 0.3) is 0 Å². The van der Waals surface area contributed by atoms with Gasteiger partial charge in [-0.05, 0) is 11.6 Å². The summed E-state index contributed by atoms with van der Waals surface area (Å²) in [5.41, 5.74) is -0.717. The number of hydrogen-bond acceptors (Lipinski definition) is 3. The van der Waals surface area contributed by atoms with E-state index in [1.165, 1.54) is 23.1 Å². The summed E-state index contributed by atoms with van der Waals surface area (Å²) in [5, 5.41) is 2.60. The minimum absolute atomic E-state index is 0.0307. The van der Waals surface area contributed by atoms with Gasteiger partial charge in [0.2, 0.25) is 11.8 Å². The highest BCUT2D eigenvalue weighted by Crippen LogP contribution is 2.36. The van der Waals surface area contributed by atoms with Gasteiger partial charge in [-0.2, -0.15) is 13.2 Å². The highest BCUT2D eigenvalue weighted by atomic mass is 19.4. The molecule has 2 amide bonds. The Balaban J connectivity index is 1.77. The Labute approximate surface area is 136 Å². The Morgan fingerprint density at radius 2 is 2.04 bits per heavy atom. The van der Waals surface area contributed by atoms with Crippen LogP contribution in [0, 0.1) is 5.92 Å². The van der Waals surface area contributed by atoms with Crippen LogP contribution in [-0.2, 0) is 20.5 Å². The topological polar surface area (TPSA) is 58.6 Å². The maximum atomic E-state index is 13.2. The molecule has 2 heterocycles. The number of hydrogen-bond donors (Lipinski definition) is 1. The fourth-order valence-corrected chi connectivity index (χ4v) is 3.11. The molecule has 3 rings (SSSR count). The first-order chi connectivity index (χ1) is 11.4. The van der Waals surface area contributed by atoms with E-state index in [1.54, 1.807) is 0 Å². The van der Waals surface area contributed by atoms with Crippen molar-refractivity contribution in [1.82, 2.24) is 10.2 Å². The van der Waals surface area contributed by atoms with Crippen LogP contribution >= 0.6 is 0 Å². The molecule has 0 saturated carbocycles. The number of carbonyl (C=O) groups excluding carboxylic acids is 2.